The van der Waals surface area contributed by atoms with Gasteiger partial charge in [-0.05, 0) is 53.8 Å². The van der Waals surface area contributed by atoms with E-state index in [1.807, 2.05) is 0 Å². The van der Waals surface area contributed by atoms with Crippen LogP contribution in [0.5, 0.6) is 0 Å². The lowest BCUT2D eigenvalue weighted by molar-refractivity contribution is 0.0467. The fraction of sp³-hybridized carbons (Fsp3) is 1.00. The lowest BCUT2D eigenvalue weighted by Crippen LogP contribution is -2.36. The van der Waals surface area contributed by atoms with Gasteiger partial charge in [-0.25, -0.2) is 0 Å². The first kappa shape index (κ1) is 28.2. The van der Waals surface area contributed by atoms with Crippen LogP contribution in [0.3, 0.4) is 0 Å². The predicted octanol–water partition coefficient (Wildman–Crippen LogP) is 11.2. The van der Waals surface area contributed by atoms with Crippen LogP contribution in [0.2, 0.25) is 0 Å². The van der Waals surface area contributed by atoms with Crippen molar-refractivity contribution in [1.82, 2.24) is 0 Å². The predicted molar refractivity (Wildman–Crippen MR) is 145 cm³/mol. The van der Waals surface area contributed by atoms with E-state index in [9.17, 15) is 0 Å². The largest absolute Gasteiger partial charge is 0.0625 e. The number of hydrogen-bond donors (Lipinski definition) is 0. The maximum absolute atomic E-state index is 2.68. The zero-order valence-electron chi connectivity index (χ0n) is 23.4. The smallest absolute Gasteiger partial charge is 0.0298 e. The molecule has 0 bridgehead atoms. The van der Waals surface area contributed by atoms with Gasteiger partial charge >= 0.3 is 0 Å². The summed E-state index contributed by atoms with van der Waals surface area (Å²) in [6.45, 7) is 15.5. The molecule has 0 aromatic carbocycles. The molecule has 0 nitrogen and oxygen atoms in total. The molecule has 6 unspecified atom stereocenters. The third-order valence-electron chi connectivity index (χ3n) is 10.3. The van der Waals surface area contributed by atoms with Crippen molar-refractivity contribution >= 4 is 0 Å². The Kier molecular flexibility index (Phi) is 13.3. The van der Waals surface area contributed by atoms with Gasteiger partial charge in [0.05, 0.1) is 0 Å². The molecular formula is C32H62. The van der Waals surface area contributed by atoms with E-state index >= 15 is 0 Å². The van der Waals surface area contributed by atoms with Crippen LogP contribution in [0.15, 0.2) is 0 Å². The maximum atomic E-state index is 2.68. The van der Waals surface area contributed by atoms with Crippen molar-refractivity contribution in [1.29, 1.82) is 0 Å². The Bertz CT molecular complexity index is 463. The van der Waals surface area contributed by atoms with Gasteiger partial charge in [-0.15, -0.1) is 0 Å². The van der Waals surface area contributed by atoms with E-state index in [4.69, 9.17) is 0 Å². The summed E-state index contributed by atoms with van der Waals surface area (Å²) in [6.07, 6.45) is 28.1. The molecule has 0 aromatic rings. The van der Waals surface area contributed by atoms with Crippen molar-refractivity contribution in [2.75, 3.05) is 0 Å². The van der Waals surface area contributed by atoms with Crippen molar-refractivity contribution in [3.05, 3.63) is 0 Å². The molecule has 2 aliphatic rings. The van der Waals surface area contributed by atoms with Gasteiger partial charge in [-0.2, -0.15) is 0 Å². The zero-order valence-corrected chi connectivity index (χ0v) is 23.4. The maximum Gasteiger partial charge on any atom is -0.0298 e. The summed E-state index contributed by atoms with van der Waals surface area (Å²) in [4.78, 5) is 0. The van der Waals surface area contributed by atoms with E-state index in [0.717, 1.165) is 35.5 Å². The third-order valence-corrected chi connectivity index (χ3v) is 10.3. The summed E-state index contributed by atoms with van der Waals surface area (Å²) in [7, 11) is 0. The summed E-state index contributed by atoms with van der Waals surface area (Å²) < 4.78 is 0. The first-order valence-electron chi connectivity index (χ1n) is 15.3. The average Bonchev–Trinajstić information content (AvgIpc) is 2.75. The number of fused-ring (bicyclic) bond motifs is 1. The molecule has 0 aromatic heterocycles. The van der Waals surface area contributed by atoms with Gasteiger partial charge < -0.3 is 0 Å². The molecule has 0 aliphatic heterocycles. The highest BCUT2D eigenvalue weighted by Crippen LogP contribution is 2.47. The topological polar surface area (TPSA) is 0 Å². The average molecular weight is 447 g/mol. The summed E-state index contributed by atoms with van der Waals surface area (Å²) in [5.41, 5.74) is 0.494. The Morgan fingerprint density at radius 3 is 1.31 bits per heavy atom. The van der Waals surface area contributed by atoms with Crippen molar-refractivity contribution in [2.45, 2.75) is 164 Å². The second-order valence-electron chi connectivity index (χ2n) is 13.5. The van der Waals surface area contributed by atoms with Crippen LogP contribution in [0.1, 0.15) is 164 Å². The summed E-state index contributed by atoms with van der Waals surface area (Å²) in [5.74, 6) is 5.60. The normalized spacial score (nSPS) is 38.1. The summed E-state index contributed by atoms with van der Waals surface area (Å²) in [6, 6.07) is 0. The van der Waals surface area contributed by atoms with E-state index in [0.29, 0.717) is 5.41 Å². The van der Waals surface area contributed by atoms with Crippen molar-refractivity contribution in [3.63, 3.8) is 0 Å². The van der Waals surface area contributed by atoms with Crippen LogP contribution in [0.4, 0.5) is 0 Å². The summed E-state index contributed by atoms with van der Waals surface area (Å²) >= 11 is 0. The van der Waals surface area contributed by atoms with Crippen molar-refractivity contribution in [2.24, 2.45) is 40.9 Å². The minimum Gasteiger partial charge on any atom is -0.0625 e. The second-order valence-corrected chi connectivity index (χ2v) is 13.5. The lowest BCUT2D eigenvalue weighted by Gasteiger charge is -2.45. The molecule has 0 N–H and O–H groups in total. The molecule has 2 saturated carbocycles. The Hall–Kier alpha value is 0. The molecule has 32 heavy (non-hydrogen) atoms. The highest BCUT2D eigenvalue weighted by atomic mass is 14.4. The van der Waals surface area contributed by atoms with Crippen molar-refractivity contribution < 1.29 is 0 Å². The van der Waals surface area contributed by atoms with Crippen LogP contribution in [0, 0.1) is 40.9 Å². The molecule has 0 spiro atoms. The quantitative estimate of drug-likeness (QED) is 0.347. The van der Waals surface area contributed by atoms with Gasteiger partial charge in [-0.1, -0.05) is 151 Å². The van der Waals surface area contributed by atoms with Gasteiger partial charge in [0.1, 0.15) is 0 Å². The van der Waals surface area contributed by atoms with Gasteiger partial charge in [0.15, 0.2) is 0 Å². The molecule has 2 aliphatic carbocycles. The van der Waals surface area contributed by atoms with Gasteiger partial charge in [0.2, 0.25) is 0 Å². The van der Waals surface area contributed by atoms with Gasteiger partial charge in [0, 0.05) is 0 Å². The SMILES string of the molecule is CC1CCCCC(C)CCCCC2C(CCCCCC(C)CCC(C)C2(C)C)CCCC1. The standard InChI is InChI=1S/C32H62/c1-26-17-10-11-18-27(2)20-13-15-23-31-30(22-14-12-19-26)21-9-7-8-16-28(3)24-25-29(4)32(31,5)6/h26-31H,7-25H2,1-6H3. The first-order chi connectivity index (χ1) is 15.3. The Morgan fingerprint density at radius 1 is 0.406 bits per heavy atom. The molecule has 2 rings (SSSR count). The molecular weight excluding hydrogens is 384 g/mol. The Morgan fingerprint density at radius 2 is 0.781 bits per heavy atom. The van der Waals surface area contributed by atoms with Crippen LogP contribution >= 0.6 is 0 Å². The number of rotatable bonds is 0. The van der Waals surface area contributed by atoms with E-state index in [1.165, 1.54) is 122 Å². The first-order valence-corrected chi connectivity index (χ1v) is 15.3. The molecule has 0 heterocycles. The lowest BCUT2D eigenvalue weighted by atomic mass is 9.60. The summed E-state index contributed by atoms with van der Waals surface area (Å²) in [5, 5.41) is 0. The highest BCUT2D eigenvalue weighted by molar-refractivity contribution is 4.88. The van der Waals surface area contributed by atoms with Crippen LogP contribution in [0.25, 0.3) is 0 Å². The molecule has 0 radical (unpaired) electrons. The van der Waals surface area contributed by atoms with Crippen LogP contribution in [-0.4, -0.2) is 0 Å². The molecule has 0 heteroatoms. The second kappa shape index (κ2) is 15.1. The molecule has 6 atom stereocenters. The molecule has 2 fully saturated rings. The molecule has 0 amide bonds. The Labute approximate surface area is 204 Å². The van der Waals surface area contributed by atoms with E-state index in [2.05, 4.69) is 41.5 Å². The van der Waals surface area contributed by atoms with Gasteiger partial charge in [-0.3, -0.25) is 0 Å². The molecule has 0 saturated heterocycles. The van der Waals surface area contributed by atoms with E-state index < -0.39 is 0 Å². The molecule has 190 valence electrons. The van der Waals surface area contributed by atoms with Crippen molar-refractivity contribution in [3.8, 4) is 0 Å². The fourth-order valence-electron chi connectivity index (χ4n) is 7.28. The minimum atomic E-state index is 0.494. The zero-order chi connectivity index (χ0) is 23.4. The monoisotopic (exact) mass is 446 g/mol. The van der Waals surface area contributed by atoms with Crippen LogP contribution in [-0.2, 0) is 0 Å². The fourth-order valence-corrected chi connectivity index (χ4v) is 7.28. The third kappa shape index (κ3) is 10.1. The minimum absolute atomic E-state index is 0.494. The Balaban J connectivity index is 2.14. The van der Waals surface area contributed by atoms with Crippen LogP contribution < -0.4 is 0 Å². The highest BCUT2D eigenvalue weighted by Gasteiger charge is 2.38. The number of hydrogen-bond acceptors (Lipinski definition) is 0. The van der Waals surface area contributed by atoms with E-state index in [-0.39, 0.29) is 0 Å². The van der Waals surface area contributed by atoms with E-state index in [1.54, 1.807) is 0 Å². The van der Waals surface area contributed by atoms with Gasteiger partial charge in [0.25, 0.3) is 0 Å².